The molecule has 3 aliphatic heterocycles. The zero-order chi connectivity index (χ0) is 15.1. The lowest BCUT2D eigenvalue weighted by Crippen LogP contribution is -2.43. The van der Waals surface area contributed by atoms with Gasteiger partial charge in [0, 0.05) is 37.2 Å². The average molecular weight is 296 g/mol. The second kappa shape index (κ2) is 5.62. The van der Waals surface area contributed by atoms with Crippen LogP contribution in [0.25, 0.3) is 10.9 Å². The van der Waals surface area contributed by atoms with Crippen molar-refractivity contribution in [2.45, 2.75) is 26.2 Å². The van der Waals surface area contributed by atoms with Crippen molar-refractivity contribution in [3.05, 3.63) is 42.4 Å². The maximum atomic E-state index is 5.79. The van der Waals surface area contributed by atoms with Crippen molar-refractivity contribution in [1.29, 1.82) is 0 Å². The van der Waals surface area contributed by atoms with Gasteiger partial charge in [0.2, 0.25) is 0 Å². The molecule has 3 saturated heterocycles. The monoisotopic (exact) mass is 296 g/mol. The lowest BCUT2D eigenvalue weighted by Gasteiger charge is -2.44. The number of ether oxygens (including phenoxy) is 1. The molecule has 3 heteroatoms. The minimum Gasteiger partial charge on any atom is -0.494 e. The van der Waals surface area contributed by atoms with Crippen LogP contribution in [0.4, 0.5) is 0 Å². The molecule has 0 atom stereocenters. The molecule has 0 saturated carbocycles. The number of fused-ring (bicyclic) bond motifs is 4. The van der Waals surface area contributed by atoms with Crippen LogP contribution in [0.15, 0.2) is 24.4 Å². The van der Waals surface area contributed by atoms with Gasteiger partial charge in [0.25, 0.3) is 0 Å². The summed E-state index contributed by atoms with van der Waals surface area (Å²) in [6, 6.07) is 6.52. The number of rotatable bonds is 4. The van der Waals surface area contributed by atoms with Crippen molar-refractivity contribution < 1.29 is 4.74 Å². The predicted octanol–water partition coefficient (Wildman–Crippen LogP) is 3.78. The molecule has 5 rings (SSSR count). The average Bonchev–Trinajstić information content (AvgIpc) is 2.90. The molecule has 0 N–H and O–H groups in total. The first-order valence-corrected chi connectivity index (χ1v) is 8.44. The van der Waals surface area contributed by atoms with E-state index in [0.29, 0.717) is 0 Å². The Morgan fingerprint density at radius 2 is 2.05 bits per heavy atom. The lowest BCUT2D eigenvalue weighted by atomic mass is 9.75. The molecule has 3 nitrogen and oxygen atoms in total. The van der Waals surface area contributed by atoms with Crippen LogP contribution < -0.4 is 4.74 Å². The van der Waals surface area contributed by atoms with Gasteiger partial charge in [-0.15, -0.1) is 0 Å². The van der Waals surface area contributed by atoms with E-state index in [1.165, 1.54) is 48.3 Å². The second-order valence-electron chi connectivity index (χ2n) is 6.58. The number of hydrogen-bond acceptors (Lipinski definition) is 2. The summed E-state index contributed by atoms with van der Waals surface area (Å²) >= 11 is 0. The van der Waals surface area contributed by atoms with Crippen molar-refractivity contribution >= 4 is 10.9 Å². The largest absolute Gasteiger partial charge is 0.494 e. The van der Waals surface area contributed by atoms with Gasteiger partial charge in [-0.2, -0.15) is 0 Å². The highest BCUT2D eigenvalue weighted by Gasteiger charge is 2.37. The van der Waals surface area contributed by atoms with Crippen LogP contribution in [0.3, 0.4) is 0 Å². The maximum absolute atomic E-state index is 5.79. The van der Waals surface area contributed by atoms with Crippen LogP contribution in [0, 0.1) is 18.4 Å². The zero-order valence-corrected chi connectivity index (χ0v) is 13.5. The van der Waals surface area contributed by atoms with Gasteiger partial charge in [0.15, 0.2) is 0 Å². The van der Waals surface area contributed by atoms with Gasteiger partial charge in [-0.3, -0.25) is 4.90 Å². The van der Waals surface area contributed by atoms with Crippen LogP contribution in [0.1, 0.15) is 31.7 Å². The number of aryl methyl sites for hydroxylation is 1. The van der Waals surface area contributed by atoms with Crippen LogP contribution in [0.5, 0.6) is 5.75 Å². The summed E-state index contributed by atoms with van der Waals surface area (Å²) in [6.07, 6.45) is 5.95. The molecule has 1 aromatic carbocycles. The smallest absolute Gasteiger partial charge is 0.121 e. The topological polar surface area (TPSA) is 17.4 Å². The molecule has 3 fully saturated rings. The van der Waals surface area contributed by atoms with E-state index in [1.54, 1.807) is 0 Å². The first kappa shape index (κ1) is 14.1. The lowest BCUT2D eigenvalue weighted by molar-refractivity contribution is 0.179. The van der Waals surface area contributed by atoms with E-state index in [9.17, 15) is 0 Å². The molecular formula is C19H24N2O. The number of piperidine rings is 3. The molecule has 0 aliphatic carbocycles. The van der Waals surface area contributed by atoms with E-state index in [0.717, 1.165) is 24.7 Å². The molecule has 22 heavy (non-hydrogen) atoms. The summed E-state index contributed by atoms with van der Waals surface area (Å²) in [5.74, 6) is 3.25. The molecule has 2 bridgehead atoms. The highest BCUT2D eigenvalue weighted by molar-refractivity contribution is 5.87. The van der Waals surface area contributed by atoms with Gasteiger partial charge in [-0.05, 0) is 56.0 Å². The Bertz CT molecular complexity index is 667. The summed E-state index contributed by atoms with van der Waals surface area (Å²) in [4.78, 5) is 2.48. The van der Waals surface area contributed by atoms with E-state index < -0.39 is 0 Å². The number of benzene rings is 1. The Morgan fingerprint density at radius 3 is 2.73 bits per heavy atom. The van der Waals surface area contributed by atoms with Crippen molar-refractivity contribution in [3.8, 4) is 5.75 Å². The summed E-state index contributed by atoms with van der Waals surface area (Å²) < 4.78 is 8.02. The number of aromatic nitrogens is 1. The van der Waals surface area contributed by atoms with Crippen LogP contribution in [-0.4, -0.2) is 29.2 Å². The van der Waals surface area contributed by atoms with Gasteiger partial charge in [0.1, 0.15) is 5.75 Å². The fraction of sp³-hybridized carbons (Fsp3) is 0.474. The third-order valence-electron chi connectivity index (χ3n) is 5.04. The summed E-state index contributed by atoms with van der Waals surface area (Å²) in [6.45, 7) is 7.78. The molecule has 0 unspecified atom stereocenters. The first-order valence-electron chi connectivity index (χ1n) is 8.44. The fourth-order valence-corrected chi connectivity index (χ4v) is 3.83. The molecule has 2 aromatic rings. The Labute approximate surface area is 132 Å². The molecule has 1 aromatic heterocycles. The zero-order valence-electron chi connectivity index (χ0n) is 13.5. The molecule has 0 spiro atoms. The van der Waals surface area contributed by atoms with Gasteiger partial charge in [-0.25, -0.2) is 0 Å². The highest BCUT2D eigenvalue weighted by Crippen LogP contribution is 2.43. The van der Waals surface area contributed by atoms with Gasteiger partial charge >= 0.3 is 0 Å². The Kier molecular flexibility index (Phi) is 3.61. The second-order valence-corrected chi connectivity index (χ2v) is 6.58. The minimum atomic E-state index is 0.742. The number of hydrogen-bond donors (Lipinski definition) is 0. The van der Waals surface area contributed by atoms with Crippen LogP contribution in [0.2, 0.25) is 0 Å². The fourth-order valence-electron chi connectivity index (χ4n) is 3.83. The van der Waals surface area contributed by atoms with Crippen molar-refractivity contribution in [2.75, 3.05) is 19.7 Å². The SMILES string of the molecule is CCCOc1ccc2c([C]3[CH]N4CCC3CC4)cn(C)c2c1. The van der Waals surface area contributed by atoms with Crippen LogP contribution in [-0.2, 0) is 7.05 Å². The van der Waals surface area contributed by atoms with Crippen molar-refractivity contribution in [3.63, 3.8) is 0 Å². The standard InChI is InChI=1S/C19H24N2O/c1-3-10-22-15-4-5-16-18(12-20(2)19(16)11-15)17-13-21-8-6-14(17)7-9-21/h4-5,11-14H,3,6-10H2,1-2H3. The Hall–Kier alpha value is -1.48. The third-order valence-corrected chi connectivity index (χ3v) is 5.04. The van der Waals surface area contributed by atoms with E-state index in [-0.39, 0.29) is 0 Å². The van der Waals surface area contributed by atoms with Gasteiger partial charge in [-0.1, -0.05) is 6.92 Å². The first-order chi connectivity index (χ1) is 10.8. The molecule has 2 radical (unpaired) electrons. The minimum absolute atomic E-state index is 0.742. The van der Waals surface area contributed by atoms with Crippen molar-refractivity contribution in [2.24, 2.45) is 13.0 Å². The highest BCUT2D eigenvalue weighted by atomic mass is 16.5. The van der Waals surface area contributed by atoms with Crippen LogP contribution >= 0.6 is 0 Å². The summed E-state index contributed by atoms with van der Waals surface area (Å²) in [7, 11) is 2.14. The van der Waals surface area contributed by atoms with Crippen molar-refractivity contribution in [1.82, 2.24) is 9.47 Å². The van der Waals surface area contributed by atoms with Gasteiger partial charge in [0.05, 0.1) is 12.1 Å². The van der Waals surface area contributed by atoms with E-state index in [2.05, 4.69) is 54.4 Å². The molecule has 4 heterocycles. The molecule has 116 valence electrons. The molecule has 0 amide bonds. The quantitative estimate of drug-likeness (QED) is 0.854. The molecule has 3 aliphatic rings. The molecular weight excluding hydrogens is 272 g/mol. The van der Waals surface area contributed by atoms with Gasteiger partial charge < -0.3 is 9.30 Å². The summed E-state index contributed by atoms with van der Waals surface area (Å²) in [5.41, 5.74) is 2.68. The Morgan fingerprint density at radius 1 is 1.23 bits per heavy atom. The van der Waals surface area contributed by atoms with E-state index in [4.69, 9.17) is 4.74 Å². The number of nitrogens with zero attached hydrogens (tertiary/aromatic N) is 2. The maximum Gasteiger partial charge on any atom is 0.121 e. The normalized spacial score (nSPS) is 25.0. The Balaban J connectivity index is 1.70. The van der Waals surface area contributed by atoms with E-state index >= 15 is 0 Å². The summed E-state index contributed by atoms with van der Waals surface area (Å²) in [5, 5.41) is 1.35. The third kappa shape index (κ3) is 2.32. The predicted molar refractivity (Wildman–Crippen MR) is 89.6 cm³/mol. The van der Waals surface area contributed by atoms with E-state index in [1.807, 2.05) is 0 Å².